The number of halogens is 4. The Morgan fingerprint density at radius 3 is 2.32 bits per heavy atom. The second-order valence-corrected chi connectivity index (χ2v) is 5.90. The van der Waals surface area contributed by atoms with Crippen molar-refractivity contribution < 1.29 is 8.78 Å². The molecule has 0 amide bonds. The van der Waals surface area contributed by atoms with Gasteiger partial charge in [-0.2, -0.15) is 0 Å². The van der Waals surface area contributed by atoms with Gasteiger partial charge in [0.25, 0.3) is 0 Å². The van der Waals surface area contributed by atoms with Crippen molar-refractivity contribution in [2.75, 3.05) is 5.32 Å². The number of hydrogen-bond donors (Lipinski definition) is 1. The van der Waals surface area contributed by atoms with E-state index in [2.05, 4.69) is 37.2 Å². The van der Waals surface area contributed by atoms with Crippen LogP contribution in [0.5, 0.6) is 0 Å². The Kier molecular flexibility index (Phi) is 4.58. The zero-order valence-electron chi connectivity index (χ0n) is 10.1. The summed E-state index contributed by atoms with van der Waals surface area (Å²) in [4.78, 5) is 0. The molecule has 0 saturated heterocycles. The van der Waals surface area contributed by atoms with Crippen LogP contribution in [0.2, 0.25) is 0 Å². The van der Waals surface area contributed by atoms with Crippen LogP contribution in [0.3, 0.4) is 0 Å². The lowest BCUT2D eigenvalue weighted by Gasteiger charge is -2.18. The standard InChI is InChI=1S/C14H11Br2F2N/c1-8(14-11(17)3-2-4-12(14)18)19-13-7-9(15)5-6-10(13)16/h2-8,19H,1H3. The van der Waals surface area contributed by atoms with E-state index < -0.39 is 17.7 Å². The molecule has 100 valence electrons. The number of rotatable bonds is 3. The molecule has 1 nitrogen and oxygen atoms in total. The molecule has 2 rings (SSSR count). The van der Waals surface area contributed by atoms with Gasteiger partial charge < -0.3 is 5.32 Å². The highest BCUT2D eigenvalue weighted by Gasteiger charge is 2.16. The highest BCUT2D eigenvalue weighted by molar-refractivity contribution is 9.11. The summed E-state index contributed by atoms with van der Waals surface area (Å²) in [5.41, 5.74) is 0.805. The van der Waals surface area contributed by atoms with E-state index in [-0.39, 0.29) is 5.56 Å². The van der Waals surface area contributed by atoms with Crippen molar-refractivity contribution in [3.8, 4) is 0 Å². The van der Waals surface area contributed by atoms with Crippen molar-refractivity contribution >= 4 is 37.5 Å². The second-order valence-electron chi connectivity index (χ2n) is 4.13. The molecular formula is C14H11Br2F2N. The Hall–Kier alpha value is -0.940. The summed E-state index contributed by atoms with van der Waals surface area (Å²) in [6.45, 7) is 1.72. The van der Waals surface area contributed by atoms with Crippen LogP contribution in [0.4, 0.5) is 14.5 Å². The highest BCUT2D eigenvalue weighted by atomic mass is 79.9. The minimum atomic E-state index is -0.550. The van der Waals surface area contributed by atoms with E-state index in [0.29, 0.717) is 0 Å². The molecule has 0 radical (unpaired) electrons. The first kappa shape index (κ1) is 14.5. The maximum Gasteiger partial charge on any atom is 0.131 e. The van der Waals surface area contributed by atoms with Gasteiger partial charge in [-0.05, 0) is 53.2 Å². The van der Waals surface area contributed by atoms with Crippen LogP contribution >= 0.6 is 31.9 Å². The topological polar surface area (TPSA) is 12.0 Å². The quantitative estimate of drug-likeness (QED) is 0.712. The third kappa shape index (κ3) is 3.34. The molecule has 0 bridgehead atoms. The monoisotopic (exact) mass is 389 g/mol. The fourth-order valence-corrected chi connectivity index (χ4v) is 2.56. The Morgan fingerprint density at radius 1 is 1.05 bits per heavy atom. The minimum absolute atomic E-state index is 0.0365. The molecule has 5 heteroatoms. The van der Waals surface area contributed by atoms with E-state index in [4.69, 9.17) is 0 Å². The molecule has 0 fully saturated rings. The minimum Gasteiger partial charge on any atom is -0.377 e. The van der Waals surface area contributed by atoms with Crippen LogP contribution in [0, 0.1) is 11.6 Å². The summed E-state index contributed by atoms with van der Waals surface area (Å²) in [6, 6.07) is 8.97. The third-order valence-corrected chi connectivity index (χ3v) is 3.92. The Balaban J connectivity index is 2.31. The van der Waals surface area contributed by atoms with Crippen LogP contribution in [-0.4, -0.2) is 0 Å². The molecule has 0 aliphatic heterocycles. The van der Waals surface area contributed by atoms with Crippen LogP contribution in [0.15, 0.2) is 45.3 Å². The first-order chi connectivity index (χ1) is 8.99. The predicted octanol–water partition coefficient (Wildman–Crippen LogP) is 5.66. The molecule has 0 aliphatic carbocycles. The molecule has 2 aromatic carbocycles. The summed E-state index contributed by atoms with van der Waals surface area (Å²) >= 11 is 6.76. The van der Waals surface area contributed by atoms with Crippen molar-refractivity contribution in [1.29, 1.82) is 0 Å². The summed E-state index contributed by atoms with van der Waals surface area (Å²) in [7, 11) is 0. The summed E-state index contributed by atoms with van der Waals surface area (Å²) < 4.78 is 29.1. The van der Waals surface area contributed by atoms with Gasteiger partial charge in [-0.1, -0.05) is 22.0 Å². The van der Waals surface area contributed by atoms with Gasteiger partial charge in [0.1, 0.15) is 11.6 Å². The second kappa shape index (κ2) is 6.01. The Labute approximate surface area is 127 Å². The first-order valence-corrected chi connectivity index (χ1v) is 7.23. The maximum atomic E-state index is 13.7. The smallest absolute Gasteiger partial charge is 0.131 e. The van der Waals surface area contributed by atoms with Crippen molar-refractivity contribution in [3.05, 3.63) is 62.5 Å². The molecule has 0 heterocycles. The van der Waals surface area contributed by atoms with Crippen LogP contribution in [0.1, 0.15) is 18.5 Å². The molecular weight excluding hydrogens is 380 g/mol. The van der Waals surface area contributed by atoms with E-state index in [1.165, 1.54) is 18.2 Å². The van der Waals surface area contributed by atoms with Gasteiger partial charge in [0.15, 0.2) is 0 Å². The molecule has 1 N–H and O–H groups in total. The van der Waals surface area contributed by atoms with Crippen LogP contribution in [-0.2, 0) is 0 Å². The zero-order valence-corrected chi connectivity index (χ0v) is 13.2. The lowest BCUT2D eigenvalue weighted by Crippen LogP contribution is -2.11. The highest BCUT2D eigenvalue weighted by Crippen LogP contribution is 2.30. The van der Waals surface area contributed by atoms with Gasteiger partial charge in [0, 0.05) is 14.5 Å². The molecule has 1 unspecified atom stereocenters. The average molecular weight is 391 g/mol. The Morgan fingerprint density at radius 2 is 1.68 bits per heavy atom. The number of nitrogens with one attached hydrogen (secondary N) is 1. The van der Waals surface area contributed by atoms with E-state index >= 15 is 0 Å². The van der Waals surface area contributed by atoms with Crippen LogP contribution < -0.4 is 5.32 Å². The molecule has 0 aromatic heterocycles. The van der Waals surface area contributed by atoms with Gasteiger partial charge in [0.2, 0.25) is 0 Å². The van der Waals surface area contributed by atoms with Gasteiger partial charge in [-0.25, -0.2) is 8.78 Å². The normalized spacial score (nSPS) is 12.3. The van der Waals surface area contributed by atoms with E-state index in [9.17, 15) is 8.78 Å². The number of benzene rings is 2. The maximum absolute atomic E-state index is 13.7. The fraction of sp³-hybridized carbons (Fsp3) is 0.143. The molecule has 0 aliphatic rings. The summed E-state index contributed by atoms with van der Waals surface area (Å²) in [6.07, 6.45) is 0. The van der Waals surface area contributed by atoms with Crippen LogP contribution in [0.25, 0.3) is 0 Å². The van der Waals surface area contributed by atoms with Crippen molar-refractivity contribution in [2.45, 2.75) is 13.0 Å². The van der Waals surface area contributed by atoms with E-state index in [1.54, 1.807) is 6.92 Å². The average Bonchev–Trinajstić information content (AvgIpc) is 2.33. The summed E-state index contributed by atoms with van der Waals surface area (Å²) in [5, 5.41) is 3.09. The van der Waals surface area contributed by atoms with Gasteiger partial charge in [-0.15, -0.1) is 0 Å². The van der Waals surface area contributed by atoms with Gasteiger partial charge in [0.05, 0.1) is 11.7 Å². The number of anilines is 1. The fourth-order valence-electron chi connectivity index (χ4n) is 1.84. The van der Waals surface area contributed by atoms with Crippen molar-refractivity contribution in [1.82, 2.24) is 0 Å². The molecule has 0 spiro atoms. The van der Waals surface area contributed by atoms with E-state index in [0.717, 1.165) is 14.6 Å². The van der Waals surface area contributed by atoms with Gasteiger partial charge in [-0.3, -0.25) is 0 Å². The zero-order chi connectivity index (χ0) is 14.0. The summed E-state index contributed by atoms with van der Waals surface area (Å²) in [5.74, 6) is -1.10. The van der Waals surface area contributed by atoms with Gasteiger partial charge >= 0.3 is 0 Å². The third-order valence-electron chi connectivity index (χ3n) is 2.73. The van der Waals surface area contributed by atoms with Crippen molar-refractivity contribution in [3.63, 3.8) is 0 Å². The largest absolute Gasteiger partial charge is 0.377 e. The molecule has 19 heavy (non-hydrogen) atoms. The molecule has 2 aromatic rings. The van der Waals surface area contributed by atoms with E-state index in [1.807, 2.05) is 18.2 Å². The number of hydrogen-bond acceptors (Lipinski definition) is 1. The molecule has 1 atom stereocenters. The predicted molar refractivity (Wildman–Crippen MR) is 80.2 cm³/mol. The first-order valence-electron chi connectivity index (χ1n) is 5.64. The lowest BCUT2D eigenvalue weighted by atomic mass is 10.1. The SMILES string of the molecule is CC(Nc1cc(Br)ccc1Br)c1c(F)cccc1F. The molecule has 0 saturated carbocycles. The van der Waals surface area contributed by atoms with Crippen molar-refractivity contribution in [2.24, 2.45) is 0 Å². The Bertz CT molecular complexity index is 582. The lowest BCUT2D eigenvalue weighted by molar-refractivity contribution is 0.544.